The summed E-state index contributed by atoms with van der Waals surface area (Å²) in [6, 6.07) is 6.64. The Morgan fingerprint density at radius 2 is 2.35 bits per heavy atom. The second kappa shape index (κ2) is 6.34. The third kappa shape index (κ3) is 3.56. The fraction of sp³-hybridized carbons (Fsp3) is 0.562. The summed E-state index contributed by atoms with van der Waals surface area (Å²) in [5.41, 5.74) is -0.146. The first-order chi connectivity index (χ1) is 9.54. The number of halogens is 1. The van der Waals surface area contributed by atoms with Gasteiger partial charge in [-0.2, -0.15) is 5.26 Å². The molecule has 1 aromatic carbocycles. The highest BCUT2D eigenvalue weighted by Gasteiger charge is 2.32. The van der Waals surface area contributed by atoms with E-state index in [-0.39, 0.29) is 5.56 Å². The van der Waals surface area contributed by atoms with E-state index in [9.17, 15) is 9.50 Å². The van der Waals surface area contributed by atoms with E-state index in [1.54, 1.807) is 12.1 Å². The zero-order valence-corrected chi connectivity index (χ0v) is 11.8. The molecule has 4 heteroatoms. The highest BCUT2D eigenvalue weighted by Crippen LogP contribution is 2.31. The fourth-order valence-electron chi connectivity index (χ4n) is 3.03. The molecule has 2 atom stereocenters. The normalized spacial score (nSPS) is 26.2. The lowest BCUT2D eigenvalue weighted by Gasteiger charge is -2.35. The Hall–Kier alpha value is -1.44. The standard InChI is InChI=1S/C16H21FN2O/c1-12-4-3-7-16(20,8-12)11-19-10-14-6-2-5-13(9-18)15(14)17/h2,5-6,12,19-20H,3-4,7-8,10-11H2,1H3. The maximum Gasteiger partial charge on any atom is 0.145 e. The van der Waals surface area contributed by atoms with Crippen LogP contribution in [0.1, 0.15) is 43.7 Å². The van der Waals surface area contributed by atoms with Gasteiger partial charge >= 0.3 is 0 Å². The van der Waals surface area contributed by atoms with E-state index in [0.717, 1.165) is 19.3 Å². The summed E-state index contributed by atoms with van der Waals surface area (Å²) in [5.74, 6) is 0.0701. The third-order valence-corrected chi connectivity index (χ3v) is 4.04. The van der Waals surface area contributed by atoms with Gasteiger partial charge in [0.05, 0.1) is 11.2 Å². The van der Waals surface area contributed by atoms with Crippen LogP contribution in [-0.2, 0) is 6.54 Å². The largest absolute Gasteiger partial charge is 0.389 e. The Balaban J connectivity index is 1.92. The number of nitriles is 1. The van der Waals surface area contributed by atoms with Gasteiger partial charge in [-0.05, 0) is 24.8 Å². The molecule has 0 amide bonds. The maximum atomic E-state index is 13.9. The Morgan fingerprint density at radius 3 is 3.05 bits per heavy atom. The van der Waals surface area contributed by atoms with E-state index in [2.05, 4.69) is 12.2 Å². The van der Waals surface area contributed by atoms with Gasteiger partial charge in [0.15, 0.2) is 0 Å². The minimum absolute atomic E-state index is 0.0642. The molecule has 1 fully saturated rings. The van der Waals surface area contributed by atoms with Crippen LogP contribution in [0.5, 0.6) is 0 Å². The van der Waals surface area contributed by atoms with Gasteiger partial charge in [-0.25, -0.2) is 4.39 Å². The van der Waals surface area contributed by atoms with Crippen LogP contribution in [-0.4, -0.2) is 17.3 Å². The van der Waals surface area contributed by atoms with Crippen LogP contribution in [0.25, 0.3) is 0 Å². The summed E-state index contributed by atoms with van der Waals surface area (Å²) in [6.07, 6.45) is 3.80. The predicted octanol–water partition coefficient (Wildman–Crippen LogP) is 2.73. The lowest BCUT2D eigenvalue weighted by molar-refractivity contribution is -0.0119. The Bertz CT molecular complexity index is 512. The average Bonchev–Trinajstić information content (AvgIpc) is 2.40. The van der Waals surface area contributed by atoms with Crippen molar-refractivity contribution in [2.75, 3.05) is 6.54 Å². The smallest absolute Gasteiger partial charge is 0.145 e. The average molecular weight is 276 g/mol. The van der Waals surface area contributed by atoms with Crippen LogP contribution < -0.4 is 5.32 Å². The molecule has 1 aliphatic rings. The minimum atomic E-state index is -0.680. The maximum absolute atomic E-state index is 13.9. The van der Waals surface area contributed by atoms with Crippen molar-refractivity contribution in [1.82, 2.24) is 5.32 Å². The van der Waals surface area contributed by atoms with Crippen LogP contribution >= 0.6 is 0 Å². The predicted molar refractivity (Wildman–Crippen MR) is 75.4 cm³/mol. The van der Waals surface area contributed by atoms with E-state index >= 15 is 0 Å². The lowest BCUT2D eigenvalue weighted by Crippen LogP contribution is -2.43. The van der Waals surface area contributed by atoms with Gasteiger partial charge in [0, 0.05) is 18.7 Å². The Kier molecular flexibility index (Phi) is 4.74. The summed E-state index contributed by atoms with van der Waals surface area (Å²) in [4.78, 5) is 0. The van der Waals surface area contributed by atoms with Crippen molar-refractivity contribution in [3.63, 3.8) is 0 Å². The quantitative estimate of drug-likeness (QED) is 0.889. The van der Waals surface area contributed by atoms with Gasteiger partial charge < -0.3 is 10.4 Å². The molecule has 0 spiro atoms. The van der Waals surface area contributed by atoms with E-state index in [1.165, 1.54) is 12.5 Å². The van der Waals surface area contributed by atoms with Crippen molar-refractivity contribution in [3.8, 4) is 6.07 Å². The Labute approximate surface area is 119 Å². The molecule has 108 valence electrons. The first-order valence-corrected chi connectivity index (χ1v) is 7.15. The van der Waals surface area contributed by atoms with Crippen LogP contribution in [0.4, 0.5) is 4.39 Å². The van der Waals surface area contributed by atoms with Crippen molar-refractivity contribution >= 4 is 0 Å². The van der Waals surface area contributed by atoms with Crippen molar-refractivity contribution in [1.29, 1.82) is 5.26 Å². The molecule has 0 aromatic heterocycles. The summed E-state index contributed by atoms with van der Waals surface area (Å²) >= 11 is 0. The van der Waals surface area contributed by atoms with Crippen LogP contribution in [0.3, 0.4) is 0 Å². The molecule has 0 bridgehead atoms. The number of nitrogens with zero attached hydrogens (tertiary/aromatic N) is 1. The number of hydrogen-bond donors (Lipinski definition) is 2. The summed E-state index contributed by atoms with van der Waals surface area (Å²) in [6.45, 7) is 2.95. The molecule has 0 radical (unpaired) electrons. The van der Waals surface area contributed by atoms with E-state index in [4.69, 9.17) is 5.26 Å². The molecule has 2 N–H and O–H groups in total. The molecule has 1 aliphatic carbocycles. The number of rotatable bonds is 4. The molecule has 0 saturated heterocycles. The zero-order valence-electron chi connectivity index (χ0n) is 11.8. The molecular formula is C16H21FN2O. The van der Waals surface area contributed by atoms with Gasteiger partial charge in [0.2, 0.25) is 0 Å². The molecule has 1 aromatic rings. The molecule has 3 nitrogen and oxygen atoms in total. The third-order valence-electron chi connectivity index (χ3n) is 4.04. The SMILES string of the molecule is CC1CCCC(O)(CNCc2cccc(C#N)c2F)C1. The van der Waals surface area contributed by atoms with Crippen molar-refractivity contribution in [3.05, 3.63) is 35.1 Å². The Morgan fingerprint density at radius 1 is 1.55 bits per heavy atom. The van der Waals surface area contributed by atoms with Gasteiger partial charge in [-0.3, -0.25) is 0 Å². The van der Waals surface area contributed by atoms with E-state index in [0.29, 0.717) is 24.6 Å². The van der Waals surface area contributed by atoms with Crippen LogP contribution in [0, 0.1) is 23.1 Å². The topological polar surface area (TPSA) is 56.0 Å². The molecular weight excluding hydrogens is 255 g/mol. The monoisotopic (exact) mass is 276 g/mol. The molecule has 20 heavy (non-hydrogen) atoms. The van der Waals surface area contributed by atoms with Gasteiger partial charge in [-0.1, -0.05) is 31.9 Å². The van der Waals surface area contributed by atoms with Crippen molar-refractivity contribution < 1.29 is 9.50 Å². The number of hydrogen-bond acceptors (Lipinski definition) is 3. The minimum Gasteiger partial charge on any atom is -0.389 e. The highest BCUT2D eigenvalue weighted by atomic mass is 19.1. The fourth-order valence-corrected chi connectivity index (χ4v) is 3.03. The first kappa shape index (κ1) is 15.0. The lowest BCUT2D eigenvalue weighted by atomic mass is 9.79. The molecule has 2 unspecified atom stereocenters. The van der Waals surface area contributed by atoms with E-state index in [1.807, 2.05) is 6.07 Å². The second-order valence-corrected chi connectivity index (χ2v) is 5.92. The summed E-state index contributed by atoms with van der Waals surface area (Å²) in [5, 5.41) is 22.4. The van der Waals surface area contributed by atoms with Crippen molar-refractivity contribution in [2.24, 2.45) is 5.92 Å². The zero-order chi connectivity index (χ0) is 14.6. The highest BCUT2D eigenvalue weighted by molar-refractivity contribution is 5.34. The molecule has 0 aliphatic heterocycles. The summed E-state index contributed by atoms with van der Waals surface area (Å²) < 4.78 is 13.9. The van der Waals surface area contributed by atoms with Gasteiger partial charge in [0.1, 0.15) is 11.9 Å². The first-order valence-electron chi connectivity index (χ1n) is 7.15. The molecule has 2 rings (SSSR count). The molecule has 0 heterocycles. The van der Waals surface area contributed by atoms with Crippen LogP contribution in [0.15, 0.2) is 18.2 Å². The number of aliphatic hydroxyl groups is 1. The summed E-state index contributed by atoms with van der Waals surface area (Å²) in [7, 11) is 0. The van der Waals surface area contributed by atoms with Gasteiger partial charge in [-0.15, -0.1) is 0 Å². The second-order valence-electron chi connectivity index (χ2n) is 5.92. The number of benzene rings is 1. The van der Waals surface area contributed by atoms with Crippen molar-refractivity contribution in [2.45, 2.75) is 44.8 Å². The molecule has 1 saturated carbocycles. The van der Waals surface area contributed by atoms with Crippen LogP contribution in [0.2, 0.25) is 0 Å². The van der Waals surface area contributed by atoms with E-state index < -0.39 is 11.4 Å². The van der Waals surface area contributed by atoms with Gasteiger partial charge in [0.25, 0.3) is 0 Å². The number of nitrogens with one attached hydrogen (secondary N) is 1.